The van der Waals surface area contributed by atoms with Crippen LogP contribution in [0.1, 0.15) is 44.9 Å². The van der Waals surface area contributed by atoms with Crippen LogP contribution in [0.4, 0.5) is 0 Å². The Morgan fingerprint density at radius 3 is 2.10 bits per heavy atom. The van der Waals surface area contributed by atoms with E-state index in [9.17, 15) is 0 Å². The zero-order valence-electron chi connectivity index (χ0n) is 6.41. The Hall–Kier alpha value is 0.730. The maximum Gasteiger partial charge on any atom is 0.0120 e. The first kappa shape index (κ1) is 7.38. The van der Waals surface area contributed by atoms with Crippen LogP contribution in [0.5, 0.6) is 0 Å². The van der Waals surface area contributed by atoms with E-state index in [0.717, 1.165) is 9.34 Å². The molecule has 0 saturated heterocycles. The Bertz CT molecular complexity index is 109. The van der Waals surface area contributed by atoms with E-state index in [1.807, 2.05) is 0 Å². The largest absolute Gasteiger partial charge is 0.0826 e. The van der Waals surface area contributed by atoms with Crippen molar-refractivity contribution in [3.63, 3.8) is 0 Å². The van der Waals surface area contributed by atoms with Crippen LogP contribution in [-0.4, -0.2) is 3.92 Å². The molecule has 2 aliphatic carbocycles. The molecule has 0 aromatic rings. The Labute approximate surface area is 76.9 Å². The maximum absolute atomic E-state index is 2.61. The molecular weight excluding hydrogens is 235 g/mol. The first-order valence-electron chi connectivity index (χ1n) is 4.45. The van der Waals surface area contributed by atoms with Crippen molar-refractivity contribution >= 4 is 22.6 Å². The van der Waals surface area contributed by atoms with Crippen LogP contribution in [0, 0.1) is 5.41 Å². The molecule has 0 heterocycles. The molecule has 0 unspecified atom stereocenters. The average Bonchev–Trinajstić information content (AvgIpc) is 1.87. The first-order valence-corrected chi connectivity index (χ1v) is 5.69. The number of halogens is 1. The predicted molar refractivity (Wildman–Crippen MR) is 52.6 cm³/mol. The van der Waals surface area contributed by atoms with Gasteiger partial charge in [-0.3, -0.25) is 0 Å². The van der Waals surface area contributed by atoms with Gasteiger partial charge in [-0.15, -0.1) is 0 Å². The fourth-order valence-corrected chi connectivity index (χ4v) is 4.46. The lowest BCUT2D eigenvalue weighted by atomic mass is 9.61. The van der Waals surface area contributed by atoms with Gasteiger partial charge in [0.1, 0.15) is 0 Å². The van der Waals surface area contributed by atoms with Gasteiger partial charge in [0.05, 0.1) is 0 Å². The second-order valence-electron chi connectivity index (χ2n) is 4.07. The van der Waals surface area contributed by atoms with Gasteiger partial charge in [-0.05, 0) is 31.1 Å². The fraction of sp³-hybridized carbons (Fsp3) is 1.00. The van der Waals surface area contributed by atoms with Crippen molar-refractivity contribution in [2.45, 2.75) is 48.9 Å². The second-order valence-corrected chi connectivity index (χ2v) is 5.83. The highest BCUT2D eigenvalue weighted by atomic mass is 127. The van der Waals surface area contributed by atoms with Crippen LogP contribution in [0.2, 0.25) is 0 Å². The van der Waals surface area contributed by atoms with Crippen molar-refractivity contribution in [1.82, 2.24) is 0 Å². The summed E-state index contributed by atoms with van der Waals surface area (Å²) in [7, 11) is 0. The summed E-state index contributed by atoms with van der Waals surface area (Å²) in [5.41, 5.74) is 0.865. The van der Waals surface area contributed by atoms with Crippen LogP contribution in [-0.2, 0) is 0 Å². The summed E-state index contributed by atoms with van der Waals surface area (Å²) >= 11 is 2.61. The second kappa shape index (κ2) is 2.65. The molecule has 2 saturated carbocycles. The van der Waals surface area contributed by atoms with Crippen molar-refractivity contribution in [3.8, 4) is 0 Å². The molecule has 58 valence electrons. The lowest BCUT2D eigenvalue weighted by molar-refractivity contribution is 0.0904. The monoisotopic (exact) mass is 250 g/mol. The molecule has 1 heteroatoms. The number of hydrogen-bond acceptors (Lipinski definition) is 0. The van der Waals surface area contributed by atoms with Gasteiger partial charge < -0.3 is 0 Å². The standard InChI is InChI=1S/C9H15I/c10-8-6-9(7-8)4-2-1-3-5-9/h8H,1-7H2. The van der Waals surface area contributed by atoms with E-state index in [1.54, 1.807) is 12.8 Å². The molecule has 10 heavy (non-hydrogen) atoms. The fourth-order valence-electron chi connectivity index (χ4n) is 2.59. The topological polar surface area (TPSA) is 0 Å². The predicted octanol–water partition coefficient (Wildman–Crippen LogP) is 3.53. The SMILES string of the molecule is IC1CC2(CCCCC2)C1. The van der Waals surface area contributed by atoms with E-state index >= 15 is 0 Å². The van der Waals surface area contributed by atoms with Gasteiger partial charge in [0.25, 0.3) is 0 Å². The van der Waals surface area contributed by atoms with Crippen molar-refractivity contribution in [1.29, 1.82) is 0 Å². The zero-order chi connectivity index (χ0) is 7.03. The molecule has 2 aliphatic rings. The molecule has 0 amide bonds. The molecule has 0 aromatic heterocycles. The summed E-state index contributed by atoms with van der Waals surface area (Å²) in [5.74, 6) is 0. The Morgan fingerprint density at radius 2 is 1.60 bits per heavy atom. The number of hydrogen-bond donors (Lipinski definition) is 0. The van der Waals surface area contributed by atoms with Gasteiger partial charge in [-0.1, -0.05) is 41.9 Å². The molecule has 0 nitrogen and oxygen atoms in total. The third-order valence-corrected chi connectivity index (χ3v) is 4.10. The molecule has 0 atom stereocenters. The smallest absolute Gasteiger partial charge is 0.0120 e. The summed E-state index contributed by atoms with van der Waals surface area (Å²) < 4.78 is 1.02. The Kier molecular flexibility index (Phi) is 1.96. The van der Waals surface area contributed by atoms with Crippen LogP contribution in [0.25, 0.3) is 0 Å². The van der Waals surface area contributed by atoms with Gasteiger partial charge in [0.2, 0.25) is 0 Å². The van der Waals surface area contributed by atoms with Gasteiger partial charge in [0, 0.05) is 3.92 Å². The molecule has 0 N–H and O–H groups in total. The van der Waals surface area contributed by atoms with Crippen LogP contribution in [0.15, 0.2) is 0 Å². The molecule has 1 spiro atoms. The number of alkyl halides is 1. The summed E-state index contributed by atoms with van der Waals surface area (Å²) in [5, 5.41) is 0. The van der Waals surface area contributed by atoms with E-state index in [1.165, 1.54) is 32.1 Å². The Morgan fingerprint density at radius 1 is 1.00 bits per heavy atom. The molecule has 2 fully saturated rings. The molecule has 0 aromatic carbocycles. The van der Waals surface area contributed by atoms with E-state index in [-0.39, 0.29) is 0 Å². The summed E-state index contributed by atoms with van der Waals surface area (Å²) in [6, 6.07) is 0. The zero-order valence-corrected chi connectivity index (χ0v) is 8.56. The van der Waals surface area contributed by atoms with E-state index in [0.29, 0.717) is 0 Å². The van der Waals surface area contributed by atoms with Crippen LogP contribution in [0.3, 0.4) is 0 Å². The van der Waals surface area contributed by atoms with E-state index < -0.39 is 0 Å². The van der Waals surface area contributed by atoms with Crippen LogP contribution < -0.4 is 0 Å². The lowest BCUT2D eigenvalue weighted by Crippen LogP contribution is -2.39. The minimum Gasteiger partial charge on any atom is -0.0826 e. The van der Waals surface area contributed by atoms with E-state index in [2.05, 4.69) is 22.6 Å². The van der Waals surface area contributed by atoms with Gasteiger partial charge in [0.15, 0.2) is 0 Å². The molecular formula is C9H15I. The van der Waals surface area contributed by atoms with Crippen molar-refractivity contribution in [2.24, 2.45) is 5.41 Å². The quantitative estimate of drug-likeness (QED) is 0.455. The first-order chi connectivity index (χ1) is 4.81. The van der Waals surface area contributed by atoms with Crippen molar-refractivity contribution in [2.75, 3.05) is 0 Å². The molecule has 0 aliphatic heterocycles. The molecule has 0 bridgehead atoms. The minimum atomic E-state index is 0.865. The highest BCUT2D eigenvalue weighted by Gasteiger charge is 2.42. The summed E-state index contributed by atoms with van der Waals surface area (Å²) in [4.78, 5) is 0. The minimum absolute atomic E-state index is 0.865. The third kappa shape index (κ3) is 1.21. The highest BCUT2D eigenvalue weighted by molar-refractivity contribution is 14.1. The van der Waals surface area contributed by atoms with Crippen LogP contribution >= 0.6 is 22.6 Å². The normalized spacial score (nSPS) is 32.1. The van der Waals surface area contributed by atoms with Gasteiger partial charge >= 0.3 is 0 Å². The lowest BCUT2D eigenvalue weighted by Gasteiger charge is -2.48. The van der Waals surface area contributed by atoms with Crippen molar-refractivity contribution < 1.29 is 0 Å². The maximum atomic E-state index is 2.61. The van der Waals surface area contributed by atoms with E-state index in [4.69, 9.17) is 0 Å². The highest BCUT2D eigenvalue weighted by Crippen LogP contribution is 2.54. The summed E-state index contributed by atoms with van der Waals surface area (Å²) in [6.07, 6.45) is 10.7. The van der Waals surface area contributed by atoms with Crippen molar-refractivity contribution in [3.05, 3.63) is 0 Å². The Balaban J connectivity index is 1.90. The van der Waals surface area contributed by atoms with Gasteiger partial charge in [-0.25, -0.2) is 0 Å². The third-order valence-electron chi connectivity index (χ3n) is 3.22. The number of rotatable bonds is 0. The average molecular weight is 250 g/mol. The molecule has 0 radical (unpaired) electrons. The summed E-state index contributed by atoms with van der Waals surface area (Å²) in [6.45, 7) is 0. The molecule has 2 rings (SSSR count). The van der Waals surface area contributed by atoms with Gasteiger partial charge in [-0.2, -0.15) is 0 Å².